The first-order chi connectivity index (χ1) is 8.10. The van der Waals surface area contributed by atoms with E-state index < -0.39 is 12.1 Å². The molecule has 0 saturated carbocycles. The number of nitrogens with two attached hydrogens (primary N) is 1. The number of aliphatic hydroxyl groups excluding tert-OH is 1. The molecule has 1 aromatic rings. The average Bonchev–Trinajstić information content (AvgIpc) is 2.37. The van der Waals surface area contributed by atoms with E-state index in [2.05, 4.69) is 6.58 Å². The Bertz CT molecular complexity index is 398. The van der Waals surface area contributed by atoms with Gasteiger partial charge in [-0.3, -0.25) is 0 Å². The highest BCUT2D eigenvalue weighted by Crippen LogP contribution is 2.21. The van der Waals surface area contributed by atoms with Crippen molar-refractivity contribution in [2.45, 2.75) is 19.6 Å². The van der Waals surface area contributed by atoms with Crippen molar-refractivity contribution in [3.8, 4) is 0 Å². The van der Waals surface area contributed by atoms with Gasteiger partial charge in [0.2, 0.25) is 0 Å². The van der Waals surface area contributed by atoms with Gasteiger partial charge in [0.25, 0.3) is 0 Å². The van der Waals surface area contributed by atoms with Crippen LogP contribution in [-0.4, -0.2) is 17.7 Å². The second kappa shape index (κ2) is 6.18. The van der Waals surface area contributed by atoms with E-state index in [0.717, 1.165) is 5.56 Å². The smallest absolute Gasteiger partial charge is 0.336 e. The molecule has 0 aromatic heterocycles. The van der Waals surface area contributed by atoms with Gasteiger partial charge < -0.3 is 15.6 Å². The molecular weight excluding hydrogens is 218 g/mol. The molecule has 1 aromatic carbocycles. The first-order valence-electron chi connectivity index (χ1n) is 5.43. The molecular formula is C13H17NO3. The number of carbonyl (C=O) groups is 1. The van der Waals surface area contributed by atoms with Crippen LogP contribution in [0.15, 0.2) is 36.4 Å². The summed E-state index contributed by atoms with van der Waals surface area (Å²) in [5, 5.41) is 9.92. The maximum atomic E-state index is 11.4. The van der Waals surface area contributed by atoms with E-state index in [4.69, 9.17) is 10.5 Å². The molecule has 4 nitrogen and oxygen atoms in total. The number of hydrogen-bond acceptors (Lipinski definition) is 4. The molecule has 0 fully saturated rings. The Hall–Kier alpha value is -1.65. The van der Waals surface area contributed by atoms with E-state index >= 15 is 0 Å². The molecule has 92 valence electrons. The number of rotatable bonds is 5. The molecule has 0 spiro atoms. The maximum Gasteiger partial charge on any atom is 0.336 e. The topological polar surface area (TPSA) is 72.5 Å². The van der Waals surface area contributed by atoms with Crippen molar-refractivity contribution in [1.29, 1.82) is 0 Å². The van der Waals surface area contributed by atoms with E-state index in [0.29, 0.717) is 12.1 Å². The van der Waals surface area contributed by atoms with Crippen molar-refractivity contribution in [2.24, 2.45) is 5.73 Å². The van der Waals surface area contributed by atoms with Gasteiger partial charge in [-0.1, -0.05) is 30.8 Å². The fraction of sp³-hybridized carbons (Fsp3) is 0.308. The van der Waals surface area contributed by atoms with E-state index in [1.165, 1.54) is 0 Å². The standard InChI is InChI=1S/C13H17NO3/c1-3-17-13(16)9(2)12(15)11-6-4-10(8-14)5-7-11/h4-7,12,15H,2-3,8,14H2,1H3. The minimum Gasteiger partial charge on any atom is -0.463 e. The zero-order valence-corrected chi connectivity index (χ0v) is 9.85. The van der Waals surface area contributed by atoms with Crippen molar-refractivity contribution in [1.82, 2.24) is 0 Å². The lowest BCUT2D eigenvalue weighted by atomic mass is 10.0. The number of carbonyl (C=O) groups excluding carboxylic acids is 1. The van der Waals surface area contributed by atoms with Crippen LogP contribution in [0.1, 0.15) is 24.2 Å². The first kappa shape index (κ1) is 13.4. The number of hydrogen-bond donors (Lipinski definition) is 2. The minimum absolute atomic E-state index is 0.0346. The largest absolute Gasteiger partial charge is 0.463 e. The van der Waals surface area contributed by atoms with Gasteiger partial charge in [-0.05, 0) is 18.1 Å². The number of benzene rings is 1. The average molecular weight is 235 g/mol. The molecule has 3 N–H and O–H groups in total. The summed E-state index contributed by atoms with van der Waals surface area (Å²) in [4.78, 5) is 11.4. The van der Waals surface area contributed by atoms with Gasteiger partial charge in [-0.15, -0.1) is 0 Å². The van der Waals surface area contributed by atoms with Crippen LogP contribution in [-0.2, 0) is 16.1 Å². The van der Waals surface area contributed by atoms with Crippen LogP contribution in [0.25, 0.3) is 0 Å². The molecule has 0 aliphatic heterocycles. The first-order valence-corrected chi connectivity index (χ1v) is 5.43. The molecule has 1 atom stereocenters. The Morgan fingerprint density at radius 2 is 2.06 bits per heavy atom. The summed E-state index contributed by atoms with van der Waals surface area (Å²) in [6, 6.07) is 7.04. The van der Waals surface area contributed by atoms with Crippen LogP contribution in [0.4, 0.5) is 0 Å². The predicted octanol–water partition coefficient (Wildman–Crippen LogP) is 1.30. The lowest BCUT2D eigenvalue weighted by Crippen LogP contribution is -2.13. The Kier molecular flexibility index (Phi) is 4.87. The van der Waals surface area contributed by atoms with Gasteiger partial charge in [0.1, 0.15) is 6.10 Å². The zero-order valence-electron chi connectivity index (χ0n) is 9.85. The number of esters is 1. The summed E-state index contributed by atoms with van der Waals surface area (Å²) < 4.78 is 4.77. The quantitative estimate of drug-likeness (QED) is 0.596. The minimum atomic E-state index is -1.04. The van der Waals surface area contributed by atoms with Crippen molar-refractivity contribution < 1.29 is 14.6 Å². The third-order valence-electron chi connectivity index (χ3n) is 2.40. The van der Waals surface area contributed by atoms with E-state index in [-0.39, 0.29) is 12.2 Å². The molecule has 4 heteroatoms. The molecule has 0 saturated heterocycles. The second-order valence-corrected chi connectivity index (χ2v) is 3.59. The molecule has 0 aliphatic rings. The van der Waals surface area contributed by atoms with Gasteiger partial charge in [-0.25, -0.2) is 4.79 Å². The monoisotopic (exact) mass is 235 g/mol. The highest BCUT2D eigenvalue weighted by molar-refractivity contribution is 5.89. The Labute approximate surface area is 101 Å². The highest BCUT2D eigenvalue weighted by Gasteiger charge is 2.19. The van der Waals surface area contributed by atoms with Crippen LogP contribution in [0.5, 0.6) is 0 Å². The molecule has 1 unspecified atom stereocenters. The van der Waals surface area contributed by atoms with E-state index in [9.17, 15) is 9.90 Å². The molecule has 0 bridgehead atoms. The SMILES string of the molecule is C=C(C(=O)OCC)C(O)c1ccc(CN)cc1. The fourth-order valence-electron chi connectivity index (χ4n) is 1.37. The highest BCUT2D eigenvalue weighted by atomic mass is 16.5. The summed E-state index contributed by atoms with van der Waals surface area (Å²) in [6.45, 7) is 5.95. The van der Waals surface area contributed by atoms with Crippen molar-refractivity contribution >= 4 is 5.97 Å². The van der Waals surface area contributed by atoms with Crippen molar-refractivity contribution in [2.75, 3.05) is 6.61 Å². The molecule has 0 amide bonds. The summed E-state index contributed by atoms with van der Waals surface area (Å²) in [5.41, 5.74) is 7.06. The Morgan fingerprint density at radius 1 is 1.47 bits per heavy atom. The normalized spacial score (nSPS) is 11.9. The fourth-order valence-corrected chi connectivity index (χ4v) is 1.37. The lowest BCUT2D eigenvalue weighted by Gasteiger charge is -2.13. The second-order valence-electron chi connectivity index (χ2n) is 3.59. The number of ether oxygens (including phenoxy) is 1. The summed E-state index contributed by atoms with van der Waals surface area (Å²) >= 11 is 0. The molecule has 17 heavy (non-hydrogen) atoms. The Balaban J connectivity index is 2.77. The van der Waals surface area contributed by atoms with Gasteiger partial charge in [0.15, 0.2) is 0 Å². The predicted molar refractivity (Wildman–Crippen MR) is 65.1 cm³/mol. The van der Waals surface area contributed by atoms with Crippen LogP contribution >= 0.6 is 0 Å². The lowest BCUT2D eigenvalue weighted by molar-refractivity contribution is -0.139. The van der Waals surface area contributed by atoms with Crippen molar-refractivity contribution in [3.05, 3.63) is 47.5 Å². The van der Waals surface area contributed by atoms with Crippen molar-refractivity contribution in [3.63, 3.8) is 0 Å². The van der Waals surface area contributed by atoms with Crippen LogP contribution in [0, 0.1) is 0 Å². The molecule has 0 aliphatic carbocycles. The maximum absolute atomic E-state index is 11.4. The summed E-state index contributed by atoms with van der Waals surface area (Å²) in [7, 11) is 0. The summed E-state index contributed by atoms with van der Waals surface area (Å²) in [5.74, 6) is -0.581. The third kappa shape index (κ3) is 3.41. The molecule has 1 rings (SSSR count). The molecule has 0 heterocycles. The van der Waals surface area contributed by atoms with Crippen LogP contribution < -0.4 is 5.73 Å². The van der Waals surface area contributed by atoms with Crippen LogP contribution in [0.2, 0.25) is 0 Å². The third-order valence-corrected chi connectivity index (χ3v) is 2.40. The van der Waals surface area contributed by atoms with Gasteiger partial charge in [0.05, 0.1) is 12.2 Å². The van der Waals surface area contributed by atoms with Gasteiger partial charge in [-0.2, -0.15) is 0 Å². The summed E-state index contributed by atoms with van der Waals surface area (Å²) in [6.07, 6.45) is -1.04. The van der Waals surface area contributed by atoms with E-state index in [1.807, 2.05) is 0 Å². The van der Waals surface area contributed by atoms with E-state index in [1.54, 1.807) is 31.2 Å². The van der Waals surface area contributed by atoms with Gasteiger partial charge >= 0.3 is 5.97 Å². The Morgan fingerprint density at radius 3 is 2.53 bits per heavy atom. The van der Waals surface area contributed by atoms with Gasteiger partial charge in [0, 0.05) is 6.54 Å². The molecule has 0 radical (unpaired) electrons. The zero-order chi connectivity index (χ0) is 12.8. The number of aliphatic hydroxyl groups is 1. The van der Waals surface area contributed by atoms with Crippen LogP contribution in [0.3, 0.4) is 0 Å².